The van der Waals surface area contributed by atoms with Gasteiger partial charge in [0.2, 0.25) is 0 Å². The number of nitro groups is 1. The number of nitro benzene ring substituents is 1. The monoisotopic (exact) mass is 317 g/mol. The highest BCUT2D eigenvalue weighted by Gasteiger charge is 2.27. The Morgan fingerprint density at radius 1 is 1.47 bits per heavy atom. The predicted molar refractivity (Wildman–Crippen MR) is 71.5 cm³/mol. The maximum absolute atomic E-state index is 10.8. The van der Waals surface area contributed by atoms with Crippen molar-refractivity contribution in [3.05, 3.63) is 38.3 Å². The largest absolute Gasteiger partial charge is 0.283 e. The van der Waals surface area contributed by atoms with Crippen molar-refractivity contribution in [3.63, 3.8) is 0 Å². The zero-order chi connectivity index (χ0) is 12.4. The molecule has 1 fully saturated rings. The third-order valence-electron chi connectivity index (χ3n) is 3.30. The average Bonchev–Trinajstić information content (AvgIpc) is 2.67. The molecule has 3 nitrogen and oxygen atoms in total. The molecule has 0 aliphatic heterocycles. The standard InChI is InChI=1S/C12H13BrClNO2/c13-12-9(4-2-6-11(12)15(16)17)7-8-3-1-5-10(8)14/h2,4,6,8,10H,1,3,5,7H2. The molecule has 0 bridgehead atoms. The smallest absolute Gasteiger partial charge is 0.258 e. The van der Waals surface area contributed by atoms with Gasteiger partial charge in [-0.3, -0.25) is 10.1 Å². The second-order valence-corrected chi connectivity index (χ2v) is 5.77. The van der Waals surface area contributed by atoms with Gasteiger partial charge < -0.3 is 0 Å². The molecule has 1 saturated carbocycles. The van der Waals surface area contributed by atoms with E-state index in [0.717, 1.165) is 31.2 Å². The fourth-order valence-corrected chi connectivity index (χ4v) is 3.31. The summed E-state index contributed by atoms with van der Waals surface area (Å²) in [6.45, 7) is 0. The summed E-state index contributed by atoms with van der Waals surface area (Å²) in [6.07, 6.45) is 4.14. The lowest BCUT2D eigenvalue weighted by atomic mass is 9.97. The Morgan fingerprint density at radius 2 is 2.24 bits per heavy atom. The molecule has 2 atom stereocenters. The Balaban J connectivity index is 2.21. The van der Waals surface area contributed by atoms with Crippen LogP contribution in [0.15, 0.2) is 22.7 Å². The molecule has 17 heavy (non-hydrogen) atoms. The lowest BCUT2D eigenvalue weighted by Gasteiger charge is -2.14. The van der Waals surface area contributed by atoms with E-state index in [0.29, 0.717) is 10.4 Å². The molecule has 2 unspecified atom stereocenters. The maximum Gasteiger partial charge on any atom is 0.283 e. The van der Waals surface area contributed by atoms with Gasteiger partial charge in [-0.2, -0.15) is 0 Å². The molecule has 0 N–H and O–H groups in total. The first-order valence-electron chi connectivity index (χ1n) is 5.65. The molecule has 0 radical (unpaired) electrons. The van der Waals surface area contributed by atoms with Crippen LogP contribution in [0, 0.1) is 16.0 Å². The van der Waals surface area contributed by atoms with Gasteiger partial charge in [-0.25, -0.2) is 0 Å². The summed E-state index contributed by atoms with van der Waals surface area (Å²) in [4.78, 5) is 10.5. The summed E-state index contributed by atoms with van der Waals surface area (Å²) in [7, 11) is 0. The molecule has 1 aromatic rings. The molecule has 2 rings (SSSR count). The molecular weight excluding hydrogens is 305 g/mol. The van der Waals surface area contributed by atoms with E-state index in [1.165, 1.54) is 6.07 Å². The molecule has 5 heteroatoms. The van der Waals surface area contributed by atoms with Crippen LogP contribution in [0.4, 0.5) is 5.69 Å². The summed E-state index contributed by atoms with van der Waals surface area (Å²) < 4.78 is 0.598. The number of hydrogen-bond donors (Lipinski definition) is 0. The van der Waals surface area contributed by atoms with Gasteiger partial charge in [-0.05, 0) is 46.7 Å². The summed E-state index contributed by atoms with van der Waals surface area (Å²) in [5.74, 6) is 0.440. The van der Waals surface area contributed by atoms with E-state index in [-0.39, 0.29) is 16.0 Å². The van der Waals surface area contributed by atoms with E-state index >= 15 is 0 Å². The van der Waals surface area contributed by atoms with Crippen LogP contribution in [0.5, 0.6) is 0 Å². The van der Waals surface area contributed by atoms with Gasteiger partial charge in [-0.15, -0.1) is 11.6 Å². The van der Waals surface area contributed by atoms with Crippen molar-refractivity contribution in [3.8, 4) is 0 Å². The zero-order valence-corrected chi connectivity index (χ0v) is 11.6. The highest BCUT2D eigenvalue weighted by molar-refractivity contribution is 9.10. The second kappa shape index (κ2) is 5.36. The molecule has 92 valence electrons. The average molecular weight is 319 g/mol. The van der Waals surface area contributed by atoms with Gasteiger partial charge in [0.25, 0.3) is 5.69 Å². The first-order chi connectivity index (χ1) is 8.09. The topological polar surface area (TPSA) is 43.1 Å². The Labute approximate surface area is 113 Å². The minimum atomic E-state index is -0.361. The molecule has 1 aromatic carbocycles. The lowest BCUT2D eigenvalue weighted by molar-refractivity contribution is -0.385. The van der Waals surface area contributed by atoms with E-state index in [4.69, 9.17) is 11.6 Å². The third kappa shape index (κ3) is 2.80. The number of halogens is 2. The quantitative estimate of drug-likeness (QED) is 0.473. The van der Waals surface area contributed by atoms with Crippen LogP contribution in [0.2, 0.25) is 0 Å². The minimum absolute atomic E-state index is 0.131. The number of benzene rings is 1. The fraction of sp³-hybridized carbons (Fsp3) is 0.500. The Bertz CT molecular complexity index is 439. The highest BCUT2D eigenvalue weighted by atomic mass is 79.9. The second-order valence-electron chi connectivity index (χ2n) is 4.42. The summed E-state index contributed by atoms with van der Waals surface area (Å²) >= 11 is 9.56. The zero-order valence-electron chi connectivity index (χ0n) is 9.23. The molecular formula is C12H13BrClNO2. The normalized spacial score (nSPS) is 23.9. The molecule has 0 saturated heterocycles. The molecule has 0 aromatic heterocycles. The summed E-state index contributed by atoms with van der Waals surface area (Å²) in [5.41, 5.74) is 1.11. The van der Waals surface area contributed by atoms with Gasteiger partial charge >= 0.3 is 0 Å². The number of alkyl halides is 1. The van der Waals surface area contributed by atoms with Gasteiger partial charge in [0.15, 0.2) is 0 Å². The Kier molecular flexibility index (Phi) is 4.05. The van der Waals surface area contributed by atoms with Crippen LogP contribution in [0.3, 0.4) is 0 Å². The van der Waals surface area contributed by atoms with Crippen molar-refractivity contribution >= 4 is 33.2 Å². The molecule has 1 aliphatic rings. The SMILES string of the molecule is O=[N+]([O-])c1cccc(CC2CCCC2Cl)c1Br. The van der Waals surface area contributed by atoms with Crippen molar-refractivity contribution in [2.75, 3.05) is 0 Å². The van der Waals surface area contributed by atoms with Crippen molar-refractivity contribution in [2.45, 2.75) is 31.1 Å². The molecule has 0 amide bonds. The lowest BCUT2D eigenvalue weighted by Crippen LogP contribution is -2.10. The van der Waals surface area contributed by atoms with Gasteiger partial charge in [0.1, 0.15) is 0 Å². The highest BCUT2D eigenvalue weighted by Crippen LogP contribution is 2.36. The van der Waals surface area contributed by atoms with E-state index < -0.39 is 0 Å². The van der Waals surface area contributed by atoms with E-state index in [9.17, 15) is 10.1 Å². The van der Waals surface area contributed by atoms with E-state index in [1.54, 1.807) is 6.07 Å². The third-order valence-corrected chi connectivity index (χ3v) is 4.79. The molecule has 1 aliphatic carbocycles. The predicted octanol–water partition coefficient (Wildman–Crippen LogP) is 4.31. The Morgan fingerprint density at radius 3 is 2.82 bits per heavy atom. The van der Waals surface area contributed by atoms with Crippen LogP contribution < -0.4 is 0 Å². The van der Waals surface area contributed by atoms with Crippen LogP contribution >= 0.6 is 27.5 Å². The van der Waals surface area contributed by atoms with Crippen molar-refractivity contribution in [2.24, 2.45) is 5.92 Å². The van der Waals surface area contributed by atoms with Crippen LogP contribution in [-0.2, 0) is 6.42 Å². The van der Waals surface area contributed by atoms with E-state index in [1.807, 2.05) is 6.07 Å². The van der Waals surface area contributed by atoms with Gasteiger partial charge in [0.05, 0.1) is 9.40 Å². The first-order valence-corrected chi connectivity index (χ1v) is 6.88. The van der Waals surface area contributed by atoms with Crippen LogP contribution in [-0.4, -0.2) is 10.3 Å². The number of rotatable bonds is 3. The summed E-state index contributed by atoms with van der Waals surface area (Å²) in [6, 6.07) is 5.18. The van der Waals surface area contributed by atoms with Crippen molar-refractivity contribution in [1.82, 2.24) is 0 Å². The minimum Gasteiger partial charge on any atom is -0.258 e. The number of hydrogen-bond acceptors (Lipinski definition) is 2. The van der Waals surface area contributed by atoms with Crippen LogP contribution in [0.25, 0.3) is 0 Å². The van der Waals surface area contributed by atoms with Crippen molar-refractivity contribution in [1.29, 1.82) is 0 Å². The van der Waals surface area contributed by atoms with E-state index in [2.05, 4.69) is 15.9 Å². The van der Waals surface area contributed by atoms with Gasteiger partial charge in [-0.1, -0.05) is 18.6 Å². The fourth-order valence-electron chi connectivity index (χ4n) is 2.37. The summed E-state index contributed by atoms with van der Waals surface area (Å²) in [5, 5.41) is 11.0. The van der Waals surface area contributed by atoms with Crippen molar-refractivity contribution < 1.29 is 4.92 Å². The first kappa shape index (κ1) is 12.8. The van der Waals surface area contributed by atoms with Gasteiger partial charge in [0, 0.05) is 11.4 Å². The Hall–Kier alpha value is -0.610. The maximum atomic E-state index is 10.8. The van der Waals surface area contributed by atoms with Crippen LogP contribution in [0.1, 0.15) is 24.8 Å². The molecule has 0 heterocycles. The number of nitrogens with zero attached hydrogens (tertiary/aromatic N) is 1. The molecule has 0 spiro atoms.